The van der Waals surface area contributed by atoms with Gasteiger partial charge in [0.25, 0.3) is 5.91 Å². The van der Waals surface area contributed by atoms with Crippen LogP contribution in [0, 0.1) is 5.41 Å². The van der Waals surface area contributed by atoms with E-state index < -0.39 is 0 Å². The molecule has 1 atom stereocenters. The molecule has 2 fully saturated rings. The Hall–Kier alpha value is -2.49. The summed E-state index contributed by atoms with van der Waals surface area (Å²) in [5.41, 5.74) is 1.74. The van der Waals surface area contributed by atoms with Crippen LogP contribution in [0.25, 0.3) is 0 Å². The number of hydrogen-bond donors (Lipinski definition) is 2. The van der Waals surface area contributed by atoms with Crippen LogP contribution in [0.2, 0.25) is 0 Å². The maximum Gasteiger partial charge on any atom is 0.257 e. The molecule has 2 aromatic carbocycles. The number of carbonyl (C=O) groups excluding carboxylic acids is 1. The van der Waals surface area contributed by atoms with Crippen molar-refractivity contribution in [3.05, 3.63) is 59.7 Å². The highest BCUT2D eigenvalue weighted by atomic mass is 16.3. The minimum atomic E-state index is -0.161. The quantitative estimate of drug-likeness (QED) is 0.889. The monoisotopic (exact) mass is 323 g/mol. The average Bonchev–Trinajstić information content (AvgIpc) is 2.96. The van der Waals surface area contributed by atoms with Crippen LogP contribution in [0.5, 0.6) is 11.5 Å². The van der Waals surface area contributed by atoms with E-state index in [9.17, 15) is 15.0 Å². The molecule has 0 radical (unpaired) electrons. The molecule has 24 heavy (non-hydrogen) atoms. The van der Waals surface area contributed by atoms with Gasteiger partial charge in [0, 0.05) is 25.1 Å². The number of benzene rings is 2. The smallest absolute Gasteiger partial charge is 0.257 e. The van der Waals surface area contributed by atoms with Gasteiger partial charge in [0.2, 0.25) is 0 Å². The van der Waals surface area contributed by atoms with Gasteiger partial charge in [-0.15, -0.1) is 0 Å². The van der Waals surface area contributed by atoms with Gasteiger partial charge in [-0.2, -0.15) is 0 Å². The highest BCUT2D eigenvalue weighted by Gasteiger charge is 2.52. The first-order valence-electron chi connectivity index (χ1n) is 8.45. The van der Waals surface area contributed by atoms with Crippen LogP contribution < -0.4 is 0 Å². The van der Waals surface area contributed by atoms with E-state index in [-0.39, 0.29) is 28.4 Å². The molecule has 1 aliphatic carbocycles. The predicted octanol–water partition coefficient (Wildman–Crippen LogP) is 3.51. The Balaban J connectivity index is 1.62. The molecule has 1 amide bonds. The lowest BCUT2D eigenvalue weighted by molar-refractivity contribution is 0.0722. The highest BCUT2D eigenvalue weighted by Crippen LogP contribution is 2.56. The minimum Gasteiger partial charge on any atom is -0.508 e. The fourth-order valence-electron chi connectivity index (χ4n) is 4.28. The number of carbonyl (C=O) groups is 1. The molecule has 1 unspecified atom stereocenters. The molecule has 4 nitrogen and oxygen atoms in total. The van der Waals surface area contributed by atoms with Crippen molar-refractivity contribution in [1.29, 1.82) is 0 Å². The standard InChI is InChI=1S/C20H21NO3/c22-15-7-8-16(18(23)11-15)19(24)21-12-17(14-5-2-1-3-6-14)20(13-21)9-4-10-20/h1-3,5-8,11,17,22-23H,4,9-10,12-13H2. The lowest BCUT2D eigenvalue weighted by Gasteiger charge is -2.43. The van der Waals surface area contributed by atoms with Gasteiger partial charge in [-0.25, -0.2) is 0 Å². The summed E-state index contributed by atoms with van der Waals surface area (Å²) >= 11 is 0. The van der Waals surface area contributed by atoms with Crippen LogP contribution in [-0.2, 0) is 0 Å². The summed E-state index contributed by atoms with van der Waals surface area (Å²) in [6, 6.07) is 14.6. The van der Waals surface area contributed by atoms with E-state index in [0.717, 1.165) is 19.4 Å². The average molecular weight is 323 g/mol. The molecule has 0 bridgehead atoms. The van der Waals surface area contributed by atoms with Crippen molar-refractivity contribution in [1.82, 2.24) is 4.90 Å². The summed E-state index contributed by atoms with van der Waals surface area (Å²) in [7, 11) is 0. The summed E-state index contributed by atoms with van der Waals surface area (Å²) in [5.74, 6) is 0.00165. The van der Waals surface area contributed by atoms with Crippen molar-refractivity contribution >= 4 is 5.91 Å². The van der Waals surface area contributed by atoms with Crippen LogP contribution in [0.3, 0.4) is 0 Å². The van der Waals surface area contributed by atoms with Crippen molar-refractivity contribution in [2.24, 2.45) is 5.41 Å². The van der Waals surface area contributed by atoms with Crippen molar-refractivity contribution in [2.45, 2.75) is 25.2 Å². The van der Waals surface area contributed by atoms with Gasteiger partial charge in [-0.1, -0.05) is 36.8 Å². The summed E-state index contributed by atoms with van der Waals surface area (Å²) in [6.45, 7) is 1.43. The van der Waals surface area contributed by atoms with E-state index in [1.165, 1.54) is 30.2 Å². The Morgan fingerprint density at radius 2 is 1.83 bits per heavy atom. The first kappa shape index (κ1) is 15.1. The van der Waals surface area contributed by atoms with Crippen molar-refractivity contribution in [3.8, 4) is 11.5 Å². The number of phenols is 2. The topological polar surface area (TPSA) is 60.8 Å². The van der Waals surface area contributed by atoms with Gasteiger partial charge in [0.05, 0.1) is 5.56 Å². The van der Waals surface area contributed by atoms with Crippen LogP contribution in [-0.4, -0.2) is 34.1 Å². The summed E-state index contributed by atoms with van der Waals surface area (Å²) in [4.78, 5) is 14.7. The Morgan fingerprint density at radius 1 is 1.08 bits per heavy atom. The predicted molar refractivity (Wildman–Crippen MR) is 91.1 cm³/mol. The normalized spacial score (nSPS) is 21.7. The molecule has 1 saturated heterocycles. The molecule has 124 valence electrons. The second-order valence-corrected chi connectivity index (χ2v) is 7.07. The molecule has 2 N–H and O–H groups in total. The van der Waals surface area contributed by atoms with Crippen molar-refractivity contribution in [3.63, 3.8) is 0 Å². The molecule has 1 heterocycles. The number of phenolic OH excluding ortho intramolecular Hbond substituents is 2. The third-order valence-corrected chi connectivity index (χ3v) is 5.70. The second kappa shape index (κ2) is 5.55. The summed E-state index contributed by atoms with van der Waals surface area (Å²) in [5, 5.41) is 19.4. The third-order valence-electron chi connectivity index (χ3n) is 5.70. The molecule has 0 aromatic heterocycles. The molecule has 4 heteroatoms. The molecule has 2 aromatic rings. The van der Waals surface area contributed by atoms with Crippen molar-refractivity contribution in [2.75, 3.05) is 13.1 Å². The minimum absolute atomic E-state index is 0.0388. The van der Waals surface area contributed by atoms with Gasteiger partial charge in [-0.05, 0) is 36.0 Å². The first-order chi connectivity index (χ1) is 11.6. The lowest BCUT2D eigenvalue weighted by atomic mass is 9.61. The van der Waals surface area contributed by atoms with Crippen LogP contribution in [0.15, 0.2) is 48.5 Å². The molecular weight excluding hydrogens is 302 g/mol. The van der Waals surface area contributed by atoms with Crippen LogP contribution >= 0.6 is 0 Å². The number of aromatic hydroxyl groups is 2. The maximum absolute atomic E-state index is 12.9. The van der Waals surface area contributed by atoms with Crippen LogP contribution in [0.4, 0.5) is 0 Å². The van der Waals surface area contributed by atoms with Gasteiger partial charge in [-0.3, -0.25) is 4.79 Å². The van der Waals surface area contributed by atoms with E-state index in [0.29, 0.717) is 12.5 Å². The summed E-state index contributed by atoms with van der Waals surface area (Å²) in [6.07, 6.45) is 3.52. The third kappa shape index (κ3) is 2.33. The van der Waals surface area contributed by atoms with Gasteiger partial charge in [0.1, 0.15) is 11.5 Å². The van der Waals surface area contributed by atoms with Gasteiger partial charge < -0.3 is 15.1 Å². The summed E-state index contributed by atoms with van der Waals surface area (Å²) < 4.78 is 0. The molecule has 1 aliphatic heterocycles. The zero-order chi connectivity index (χ0) is 16.7. The fraction of sp³-hybridized carbons (Fsp3) is 0.350. The van der Waals surface area contributed by atoms with Crippen molar-refractivity contribution < 1.29 is 15.0 Å². The lowest BCUT2D eigenvalue weighted by Crippen LogP contribution is -2.37. The molecule has 2 aliphatic rings. The largest absolute Gasteiger partial charge is 0.508 e. The van der Waals surface area contributed by atoms with E-state index in [2.05, 4.69) is 24.3 Å². The van der Waals surface area contributed by atoms with Gasteiger partial charge >= 0.3 is 0 Å². The Kier molecular flexibility index (Phi) is 3.48. The Morgan fingerprint density at radius 3 is 2.46 bits per heavy atom. The Bertz CT molecular complexity index is 768. The zero-order valence-corrected chi connectivity index (χ0v) is 13.5. The maximum atomic E-state index is 12.9. The molecular formula is C20H21NO3. The van der Waals surface area contributed by atoms with E-state index in [1.54, 1.807) is 0 Å². The molecule has 1 saturated carbocycles. The van der Waals surface area contributed by atoms with Crippen LogP contribution in [0.1, 0.15) is 41.1 Å². The number of rotatable bonds is 2. The number of likely N-dealkylation sites (tertiary alicyclic amines) is 1. The van der Waals surface area contributed by atoms with E-state index in [4.69, 9.17) is 0 Å². The second-order valence-electron chi connectivity index (χ2n) is 7.07. The fourth-order valence-corrected chi connectivity index (χ4v) is 4.28. The van der Waals surface area contributed by atoms with E-state index in [1.807, 2.05) is 11.0 Å². The van der Waals surface area contributed by atoms with E-state index >= 15 is 0 Å². The highest BCUT2D eigenvalue weighted by molar-refractivity contribution is 5.97. The number of nitrogens with zero attached hydrogens (tertiary/aromatic N) is 1. The Labute approximate surface area is 141 Å². The SMILES string of the molecule is O=C(c1ccc(O)cc1O)N1CC(c2ccccc2)C2(CCC2)C1. The number of hydrogen-bond acceptors (Lipinski definition) is 3. The molecule has 1 spiro atoms. The van der Waals surface area contributed by atoms with Gasteiger partial charge in [0.15, 0.2) is 0 Å². The zero-order valence-electron chi connectivity index (χ0n) is 13.5. The first-order valence-corrected chi connectivity index (χ1v) is 8.45. The number of amides is 1. The molecule has 4 rings (SSSR count).